The number of imidazole rings is 1. The van der Waals surface area contributed by atoms with E-state index in [4.69, 9.17) is 5.73 Å². The highest BCUT2D eigenvalue weighted by molar-refractivity contribution is 7.99. The van der Waals surface area contributed by atoms with E-state index in [1.54, 1.807) is 0 Å². The number of fused-ring (bicyclic) bond motifs is 2. The van der Waals surface area contributed by atoms with Crippen LogP contribution in [0.2, 0.25) is 0 Å². The second-order valence-corrected chi connectivity index (χ2v) is 5.85. The molecule has 2 atom stereocenters. The van der Waals surface area contributed by atoms with Crippen LogP contribution in [0.3, 0.4) is 0 Å². The lowest BCUT2D eigenvalue weighted by atomic mass is 9.84. The van der Waals surface area contributed by atoms with Gasteiger partial charge in [0.05, 0.1) is 17.6 Å². The number of rotatable bonds is 1. The average molecular weight is 238 g/mol. The molecule has 4 N–H and O–H groups in total. The first-order valence-corrected chi connectivity index (χ1v) is 7.08. The minimum atomic E-state index is 0.0839. The highest BCUT2D eigenvalue weighted by Crippen LogP contribution is 2.38. The summed E-state index contributed by atoms with van der Waals surface area (Å²) in [5.41, 5.74) is 8.43. The summed E-state index contributed by atoms with van der Waals surface area (Å²) in [5.74, 6) is 2.40. The summed E-state index contributed by atoms with van der Waals surface area (Å²) in [5, 5.41) is 3.73. The van der Waals surface area contributed by atoms with Crippen molar-refractivity contribution in [3.8, 4) is 0 Å². The Balaban J connectivity index is 1.98. The molecule has 3 heterocycles. The number of aromatic amines is 1. The molecule has 0 aromatic carbocycles. The summed E-state index contributed by atoms with van der Waals surface area (Å²) in [6, 6.07) is 0.395. The number of nitrogens with zero attached hydrogens (tertiary/aromatic N) is 1. The van der Waals surface area contributed by atoms with Gasteiger partial charge in [0.1, 0.15) is 0 Å². The molecule has 1 fully saturated rings. The molecule has 0 amide bonds. The van der Waals surface area contributed by atoms with E-state index in [9.17, 15) is 0 Å². The maximum atomic E-state index is 5.82. The number of hydrogen-bond acceptors (Lipinski definition) is 4. The molecule has 0 radical (unpaired) electrons. The zero-order valence-corrected chi connectivity index (χ0v) is 10.1. The SMILES string of the molecule is NCC1Cc2[nH]cnc2C2(CCCSC2)N1. The Kier molecular flexibility index (Phi) is 2.69. The second kappa shape index (κ2) is 4.05. The van der Waals surface area contributed by atoms with Crippen LogP contribution in [-0.4, -0.2) is 34.1 Å². The van der Waals surface area contributed by atoms with Crippen LogP contribution in [0.1, 0.15) is 24.2 Å². The van der Waals surface area contributed by atoms with E-state index in [0.29, 0.717) is 12.6 Å². The molecule has 1 spiro atoms. The molecule has 1 aromatic heterocycles. The Morgan fingerprint density at radius 2 is 2.56 bits per heavy atom. The van der Waals surface area contributed by atoms with Gasteiger partial charge in [-0.1, -0.05) is 0 Å². The first-order chi connectivity index (χ1) is 7.84. The van der Waals surface area contributed by atoms with E-state index in [1.807, 2.05) is 18.1 Å². The van der Waals surface area contributed by atoms with Crippen molar-refractivity contribution >= 4 is 11.8 Å². The van der Waals surface area contributed by atoms with E-state index in [0.717, 1.165) is 12.2 Å². The van der Waals surface area contributed by atoms with Crippen molar-refractivity contribution in [3.63, 3.8) is 0 Å². The monoisotopic (exact) mass is 238 g/mol. The standard InChI is InChI=1S/C11H18N4S/c12-5-8-4-9-10(14-7-13-9)11(15-8)2-1-3-16-6-11/h7-8,15H,1-6,12H2,(H,13,14). The number of thioether (sulfide) groups is 1. The first kappa shape index (κ1) is 10.6. The van der Waals surface area contributed by atoms with Crippen LogP contribution in [0.25, 0.3) is 0 Å². The van der Waals surface area contributed by atoms with Crippen LogP contribution >= 0.6 is 11.8 Å². The third-order valence-corrected chi connectivity index (χ3v) is 4.90. The Morgan fingerprint density at radius 1 is 1.62 bits per heavy atom. The van der Waals surface area contributed by atoms with E-state index < -0.39 is 0 Å². The van der Waals surface area contributed by atoms with Gasteiger partial charge in [0, 0.05) is 30.5 Å². The third kappa shape index (κ3) is 1.58. The van der Waals surface area contributed by atoms with Gasteiger partial charge in [0.25, 0.3) is 0 Å². The summed E-state index contributed by atoms with van der Waals surface area (Å²) in [4.78, 5) is 7.81. The molecule has 0 saturated carbocycles. The maximum absolute atomic E-state index is 5.82. The molecular formula is C11H18N4S. The minimum absolute atomic E-state index is 0.0839. The van der Waals surface area contributed by atoms with Crippen LogP contribution < -0.4 is 11.1 Å². The quantitative estimate of drug-likeness (QED) is 0.670. The number of aromatic nitrogens is 2. The average Bonchev–Trinajstić information content (AvgIpc) is 2.79. The van der Waals surface area contributed by atoms with Crippen LogP contribution in [-0.2, 0) is 12.0 Å². The Bertz CT molecular complexity index is 370. The Labute approximate surface area is 99.8 Å². The molecule has 1 saturated heterocycles. The topological polar surface area (TPSA) is 66.7 Å². The molecule has 2 aliphatic rings. The van der Waals surface area contributed by atoms with Gasteiger partial charge in [-0.3, -0.25) is 0 Å². The van der Waals surface area contributed by atoms with Crippen molar-refractivity contribution < 1.29 is 0 Å². The summed E-state index contributed by atoms with van der Waals surface area (Å²) < 4.78 is 0. The Hall–Kier alpha value is -0.520. The lowest BCUT2D eigenvalue weighted by Gasteiger charge is -2.43. The van der Waals surface area contributed by atoms with Crippen molar-refractivity contribution in [2.45, 2.75) is 30.8 Å². The van der Waals surface area contributed by atoms with Crippen molar-refractivity contribution in [2.24, 2.45) is 5.73 Å². The molecule has 88 valence electrons. The maximum Gasteiger partial charge on any atom is 0.0926 e. The summed E-state index contributed by atoms with van der Waals surface area (Å²) >= 11 is 2.02. The number of H-pyrrole nitrogens is 1. The van der Waals surface area contributed by atoms with Crippen LogP contribution in [0, 0.1) is 0 Å². The highest BCUT2D eigenvalue weighted by Gasteiger charge is 2.42. The fourth-order valence-electron chi connectivity index (χ4n) is 2.88. The molecule has 0 aliphatic carbocycles. The smallest absolute Gasteiger partial charge is 0.0926 e. The van der Waals surface area contributed by atoms with Crippen molar-refractivity contribution in [1.82, 2.24) is 15.3 Å². The molecule has 2 aliphatic heterocycles. The lowest BCUT2D eigenvalue weighted by Crippen LogP contribution is -2.57. The van der Waals surface area contributed by atoms with Gasteiger partial charge in [-0.05, 0) is 18.6 Å². The fourth-order valence-corrected chi connectivity index (χ4v) is 4.09. The highest BCUT2D eigenvalue weighted by atomic mass is 32.2. The number of nitrogens with two attached hydrogens (primary N) is 1. The predicted octanol–water partition coefficient (Wildman–Crippen LogP) is 0.605. The zero-order valence-electron chi connectivity index (χ0n) is 9.33. The van der Waals surface area contributed by atoms with Gasteiger partial charge in [0.15, 0.2) is 0 Å². The van der Waals surface area contributed by atoms with Crippen molar-refractivity contribution in [1.29, 1.82) is 0 Å². The van der Waals surface area contributed by atoms with Gasteiger partial charge >= 0.3 is 0 Å². The molecule has 1 aromatic rings. The van der Waals surface area contributed by atoms with Gasteiger partial charge in [-0.15, -0.1) is 0 Å². The number of nitrogens with one attached hydrogen (secondary N) is 2. The van der Waals surface area contributed by atoms with Gasteiger partial charge < -0.3 is 16.0 Å². The fraction of sp³-hybridized carbons (Fsp3) is 0.727. The molecule has 3 rings (SSSR count). The van der Waals surface area contributed by atoms with Crippen LogP contribution in [0.15, 0.2) is 6.33 Å². The zero-order chi connectivity index (χ0) is 11.0. The van der Waals surface area contributed by atoms with Crippen molar-refractivity contribution in [3.05, 3.63) is 17.7 Å². The second-order valence-electron chi connectivity index (χ2n) is 4.75. The molecule has 4 nitrogen and oxygen atoms in total. The lowest BCUT2D eigenvalue weighted by molar-refractivity contribution is 0.264. The molecular weight excluding hydrogens is 220 g/mol. The van der Waals surface area contributed by atoms with Crippen LogP contribution in [0.4, 0.5) is 0 Å². The predicted molar refractivity (Wildman–Crippen MR) is 66.5 cm³/mol. The van der Waals surface area contributed by atoms with Gasteiger partial charge in [0.2, 0.25) is 0 Å². The number of hydrogen-bond donors (Lipinski definition) is 3. The molecule has 16 heavy (non-hydrogen) atoms. The normalized spacial score (nSPS) is 33.9. The molecule has 0 bridgehead atoms. The Morgan fingerprint density at radius 3 is 3.31 bits per heavy atom. The largest absolute Gasteiger partial charge is 0.348 e. The third-order valence-electron chi connectivity index (χ3n) is 3.63. The van der Waals surface area contributed by atoms with E-state index in [-0.39, 0.29) is 5.54 Å². The minimum Gasteiger partial charge on any atom is -0.348 e. The summed E-state index contributed by atoms with van der Waals surface area (Å²) in [6.45, 7) is 0.699. The molecule has 5 heteroatoms. The molecule has 2 unspecified atom stereocenters. The van der Waals surface area contributed by atoms with E-state index in [1.165, 1.54) is 30.0 Å². The summed E-state index contributed by atoms with van der Waals surface area (Å²) in [6.07, 6.45) is 5.26. The summed E-state index contributed by atoms with van der Waals surface area (Å²) in [7, 11) is 0. The van der Waals surface area contributed by atoms with E-state index >= 15 is 0 Å². The first-order valence-electron chi connectivity index (χ1n) is 5.92. The van der Waals surface area contributed by atoms with Gasteiger partial charge in [-0.25, -0.2) is 4.98 Å². The van der Waals surface area contributed by atoms with E-state index in [2.05, 4.69) is 15.3 Å². The van der Waals surface area contributed by atoms with Crippen LogP contribution in [0.5, 0.6) is 0 Å². The van der Waals surface area contributed by atoms with Gasteiger partial charge in [-0.2, -0.15) is 11.8 Å². The van der Waals surface area contributed by atoms with Crippen molar-refractivity contribution in [2.75, 3.05) is 18.1 Å².